The Bertz CT molecular complexity index is 1440. The van der Waals surface area contributed by atoms with E-state index in [-0.39, 0.29) is 35.4 Å². The largest absolute Gasteiger partial charge is 0.329 e. The molecule has 0 saturated heterocycles. The van der Waals surface area contributed by atoms with Crippen LogP contribution in [0.4, 0.5) is 5.69 Å². The molecule has 154 valence electrons. The molecular formula is C22H16N4O5. The maximum absolute atomic E-state index is 13.3. The summed E-state index contributed by atoms with van der Waals surface area (Å²) in [6.07, 6.45) is 3.10. The van der Waals surface area contributed by atoms with Crippen LogP contribution in [0.5, 0.6) is 0 Å². The molecule has 0 aliphatic heterocycles. The van der Waals surface area contributed by atoms with E-state index >= 15 is 0 Å². The molecule has 0 unspecified atom stereocenters. The minimum absolute atomic E-state index is 0.0272. The van der Waals surface area contributed by atoms with E-state index in [1.54, 1.807) is 24.3 Å². The standard InChI is InChI=1S/C22H16N4O5/c27-19(14-8-10-23-20(28)12-14)7-6-16-11-15-3-2-9-24-21(15)25(22(16)29)17-4-1-5-18(13-17)26(30)31/h1-5,8-13H,6-7H2,(H,23,28). The van der Waals surface area contributed by atoms with Gasteiger partial charge in [0.05, 0.1) is 10.6 Å². The first-order chi connectivity index (χ1) is 14.9. The predicted molar refractivity (Wildman–Crippen MR) is 114 cm³/mol. The summed E-state index contributed by atoms with van der Waals surface area (Å²) < 4.78 is 1.31. The van der Waals surface area contributed by atoms with E-state index in [0.29, 0.717) is 22.3 Å². The van der Waals surface area contributed by atoms with Gasteiger partial charge in [-0.3, -0.25) is 29.1 Å². The van der Waals surface area contributed by atoms with Crippen LogP contribution in [0.25, 0.3) is 16.7 Å². The highest BCUT2D eigenvalue weighted by Crippen LogP contribution is 2.20. The number of fused-ring (bicyclic) bond motifs is 1. The number of nitrogens with one attached hydrogen (secondary N) is 1. The average molecular weight is 416 g/mol. The Morgan fingerprint density at radius 1 is 1.10 bits per heavy atom. The summed E-state index contributed by atoms with van der Waals surface area (Å²) in [5, 5.41) is 11.8. The van der Waals surface area contributed by atoms with Crippen LogP contribution < -0.4 is 11.1 Å². The molecule has 1 N–H and O–H groups in total. The lowest BCUT2D eigenvalue weighted by Crippen LogP contribution is -2.24. The zero-order chi connectivity index (χ0) is 22.0. The molecule has 4 aromatic rings. The smallest absolute Gasteiger partial charge is 0.271 e. The summed E-state index contributed by atoms with van der Waals surface area (Å²) >= 11 is 0. The van der Waals surface area contributed by atoms with Gasteiger partial charge in [0.25, 0.3) is 11.2 Å². The molecule has 3 heterocycles. The lowest BCUT2D eigenvalue weighted by molar-refractivity contribution is -0.384. The van der Waals surface area contributed by atoms with E-state index in [0.717, 1.165) is 0 Å². The first-order valence-corrected chi connectivity index (χ1v) is 9.40. The number of carbonyl (C=O) groups is 1. The lowest BCUT2D eigenvalue weighted by Gasteiger charge is -2.12. The van der Waals surface area contributed by atoms with Crippen LogP contribution in [0, 0.1) is 10.1 Å². The van der Waals surface area contributed by atoms with Gasteiger partial charge in [-0.25, -0.2) is 4.98 Å². The summed E-state index contributed by atoms with van der Waals surface area (Å²) in [4.78, 5) is 54.5. The van der Waals surface area contributed by atoms with Gasteiger partial charge in [0.15, 0.2) is 5.78 Å². The second-order valence-corrected chi connectivity index (χ2v) is 6.87. The number of aryl methyl sites for hydroxylation is 1. The van der Waals surface area contributed by atoms with Crippen LogP contribution in [0.15, 0.2) is 76.6 Å². The first-order valence-electron chi connectivity index (χ1n) is 9.40. The summed E-state index contributed by atoms with van der Waals surface area (Å²) in [7, 11) is 0. The third-order valence-electron chi connectivity index (χ3n) is 4.85. The number of nitrogens with zero attached hydrogens (tertiary/aromatic N) is 3. The monoisotopic (exact) mass is 416 g/mol. The number of ketones is 1. The van der Waals surface area contributed by atoms with Gasteiger partial charge in [-0.1, -0.05) is 6.07 Å². The number of rotatable bonds is 6. The van der Waals surface area contributed by atoms with Gasteiger partial charge >= 0.3 is 0 Å². The summed E-state index contributed by atoms with van der Waals surface area (Å²) in [6, 6.07) is 13.6. The van der Waals surface area contributed by atoms with Crippen molar-refractivity contribution in [3.8, 4) is 5.69 Å². The highest BCUT2D eigenvalue weighted by atomic mass is 16.6. The van der Waals surface area contributed by atoms with Crippen molar-refractivity contribution in [3.63, 3.8) is 0 Å². The third-order valence-corrected chi connectivity index (χ3v) is 4.85. The van der Waals surface area contributed by atoms with Crippen molar-refractivity contribution in [3.05, 3.63) is 109 Å². The molecule has 0 radical (unpaired) electrons. The highest BCUT2D eigenvalue weighted by molar-refractivity contribution is 5.96. The van der Waals surface area contributed by atoms with Crippen LogP contribution in [0.1, 0.15) is 22.3 Å². The van der Waals surface area contributed by atoms with Crippen LogP contribution in [0.2, 0.25) is 0 Å². The number of hydrogen-bond acceptors (Lipinski definition) is 6. The summed E-state index contributed by atoms with van der Waals surface area (Å²) in [6.45, 7) is 0. The van der Waals surface area contributed by atoms with E-state index in [4.69, 9.17) is 0 Å². The summed E-state index contributed by atoms with van der Waals surface area (Å²) in [5.41, 5.74) is 0.364. The van der Waals surface area contributed by atoms with Gasteiger partial charge in [-0.2, -0.15) is 0 Å². The maximum Gasteiger partial charge on any atom is 0.271 e. The van der Waals surface area contributed by atoms with E-state index < -0.39 is 10.5 Å². The lowest BCUT2D eigenvalue weighted by atomic mass is 10.0. The number of pyridine rings is 3. The van der Waals surface area contributed by atoms with Gasteiger partial charge < -0.3 is 4.98 Å². The van der Waals surface area contributed by atoms with Crippen molar-refractivity contribution in [2.75, 3.05) is 0 Å². The Kier molecular flexibility index (Phi) is 5.23. The number of benzene rings is 1. The molecule has 0 atom stereocenters. The van der Waals surface area contributed by atoms with Crippen molar-refractivity contribution in [1.29, 1.82) is 0 Å². The molecule has 3 aromatic heterocycles. The molecule has 1 aromatic carbocycles. The van der Waals surface area contributed by atoms with Crippen LogP contribution >= 0.6 is 0 Å². The molecule has 0 spiro atoms. The van der Waals surface area contributed by atoms with Gasteiger partial charge in [0.2, 0.25) is 5.56 Å². The predicted octanol–water partition coefficient (Wildman–Crippen LogP) is 2.80. The molecule has 9 nitrogen and oxygen atoms in total. The molecule has 0 bridgehead atoms. The Morgan fingerprint density at radius 3 is 2.71 bits per heavy atom. The Balaban J connectivity index is 1.77. The molecule has 0 aliphatic carbocycles. The van der Waals surface area contributed by atoms with Crippen molar-refractivity contribution >= 4 is 22.5 Å². The van der Waals surface area contributed by atoms with Crippen LogP contribution in [-0.2, 0) is 6.42 Å². The zero-order valence-corrected chi connectivity index (χ0v) is 16.1. The second kappa shape index (κ2) is 8.15. The van der Waals surface area contributed by atoms with Crippen molar-refractivity contribution in [1.82, 2.24) is 14.5 Å². The average Bonchev–Trinajstić information content (AvgIpc) is 2.77. The zero-order valence-electron chi connectivity index (χ0n) is 16.1. The number of aromatic amines is 1. The number of nitro benzene ring substituents is 1. The normalized spacial score (nSPS) is 10.8. The quantitative estimate of drug-likeness (QED) is 0.292. The SMILES string of the molecule is O=C(CCc1cc2cccnc2n(-c2cccc([N+](=O)[O-])c2)c1=O)c1cc[nH]c(=O)c1. The number of aromatic nitrogens is 3. The minimum atomic E-state index is -0.533. The van der Waals surface area contributed by atoms with Gasteiger partial charge in [-0.15, -0.1) is 0 Å². The van der Waals surface area contributed by atoms with Gasteiger partial charge in [0.1, 0.15) is 5.65 Å². The van der Waals surface area contributed by atoms with Crippen molar-refractivity contribution in [2.45, 2.75) is 12.8 Å². The number of non-ortho nitro benzene ring substituents is 1. The van der Waals surface area contributed by atoms with E-state index in [1.807, 2.05) is 0 Å². The Hall–Kier alpha value is -4.40. The van der Waals surface area contributed by atoms with Crippen LogP contribution in [0.3, 0.4) is 0 Å². The fourth-order valence-corrected chi connectivity index (χ4v) is 3.37. The van der Waals surface area contributed by atoms with Crippen molar-refractivity contribution < 1.29 is 9.72 Å². The van der Waals surface area contributed by atoms with E-state index in [1.165, 1.54) is 47.3 Å². The Morgan fingerprint density at radius 2 is 1.94 bits per heavy atom. The highest BCUT2D eigenvalue weighted by Gasteiger charge is 2.16. The molecule has 0 saturated carbocycles. The molecule has 0 amide bonds. The number of nitro groups is 1. The summed E-state index contributed by atoms with van der Waals surface area (Å²) in [5.74, 6) is -0.265. The Labute approximate surface area is 174 Å². The molecule has 31 heavy (non-hydrogen) atoms. The van der Waals surface area contributed by atoms with Crippen molar-refractivity contribution in [2.24, 2.45) is 0 Å². The van der Waals surface area contributed by atoms with Gasteiger partial charge in [0, 0.05) is 53.5 Å². The maximum atomic E-state index is 13.3. The molecule has 4 rings (SSSR count). The van der Waals surface area contributed by atoms with E-state index in [2.05, 4.69) is 9.97 Å². The van der Waals surface area contributed by atoms with Gasteiger partial charge in [-0.05, 0) is 36.8 Å². The fraction of sp³-hybridized carbons (Fsp3) is 0.0909. The number of H-pyrrole nitrogens is 1. The van der Waals surface area contributed by atoms with E-state index in [9.17, 15) is 24.5 Å². The molecule has 9 heteroatoms. The molecule has 0 fully saturated rings. The topological polar surface area (TPSA) is 128 Å². The third kappa shape index (κ3) is 4.01. The number of carbonyl (C=O) groups excluding carboxylic acids is 1. The van der Waals surface area contributed by atoms with Crippen LogP contribution in [-0.4, -0.2) is 25.2 Å². The fourth-order valence-electron chi connectivity index (χ4n) is 3.37. The number of Topliss-reactive ketones (excluding diaryl/α,β-unsaturated/α-hetero) is 1. The molecular weight excluding hydrogens is 400 g/mol. The minimum Gasteiger partial charge on any atom is -0.329 e. The molecule has 0 aliphatic rings. The first kappa shape index (κ1) is 19.9. The number of hydrogen-bond donors (Lipinski definition) is 1. The second-order valence-electron chi connectivity index (χ2n) is 6.87.